The number of nitrogens with zero attached hydrogens (tertiary/aromatic N) is 4. The number of pyridine rings is 1. The Morgan fingerprint density at radius 3 is 2.40 bits per heavy atom. The molecule has 0 bridgehead atoms. The molecule has 2 aliphatic rings. The second-order valence-electron chi connectivity index (χ2n) is 7.26. The summed E-state index contributed by atoms with van der Waals surface area (Å²) in [7, 11) is 0. The lowest BCUT2D eigenvalue weighted by atomic mass is 9.84. The Hall–Kier alpha value is -3.61. The number of nitriles is 1. The van der Waals surface area contributed by atoms with Gasteiger partial charge in [-0.3, -0.25) is 9.59 Å². The fourth-order valence-electron chi connectivity index (χ4n) is 3.70. The number of carbonyl (C=O) groups is 2. The van der Waals surface area contributed by atoms with Crippen molar-refractivity contribution < 1.29 is 22.8 Å². The Kier molecular flexibility index (Phi) is 4.61. The highest BCUT2D eigenvalue weighted by atomic mass is 19.4. The molecule has 1 spiro atoms. The largest absolute Gasteiger partial charge is 0.416 e. The third kappa shape index (κ3) is 3.32. The molecule has 7 nitrogen and oxygen atoms in total. The van der Waals surface area contributed by atoms with E-state index in [9.17, 15) is 22.8 Å². The number of rotatable bonds is 3. The van der Waals surface area contributed by atoms with Gasteiger partial charge in [-0.2, -0.15) is 18.4 Å². The molecule has 2 aliphatic heterocycles. The van der Waals surface area contributed by atoms with Gasteiger partial charge in [0.05, 0.1) is 30.8 Å². The van der Waals surface area contributed by atoms with Crippen molar-refractivity contribution in [2.45, 2.75) is 18.3 Å². The van der Waals surface area contributed by atoms with E-state index in [1.165, 1.54) is 23.2 Å². The van der Waals surface area contributed by atoms with E-state index >= 15 is 0 Å². The Bertz CT molecular complexity index is 1020. The van der Waals surface area contributed by atoms with E-state index in [2.05, 4.69) is 10.3 Å². The average molecular weight is 415 g/mol. The maximum absolute atomic E-state index is 12.8. The number of halogens is 3. The number of piperazine rings is 1. The number of alkyl halides is 3. The number of amides is 2. The molecule has 1 N–H and O–H groups in total. The summed E-state index contributed by atoms with van der Waals surface area (Å²) in [6.45, 7) is 0.267. The van der Waals surface area contributed by atoms with Crippen LogP contribution in [0, 0.1) is 11.3 Å². The smallest absolute Gasteiger partial charge is 0.351 e. The third-order valence-corrected chi connectivity index (χ3v) is 5.37. The molecule has 2 saturated heterocycles. The molecule has 3 heterocycles. The summed E-state index contributed by atoms with van der Waals surface area (Å²) in [6.07, 6.45) is -3.02. The number of hydrogen-bond acceptors (Lipinski definition) is 5. The zero-order chi connectivity index (χ0) is 21.5. The average Bonchev–Trinajstić information content (AvgIpc) is 2.69. The Morgan fingerprint density at radius 2 is 1.83 bits per heavy atom. The number of nitrogens with one attached hydrogen (secondary N) is 1. The number of aromatic nitrogens is 1. The van der Waals surface area contributed by atoms with Crippen LogP contribution in [0.1, 0.15) is 16.7 Å². The van der Waals surface area contributed by atoms with Gasteiger partial charge in [0.15, 0.2) is 5.54 Å². The number of hydrogen-bond donors (Lipinski definition) is 1. The minimum atomic E-state index is -4.44. The van der Waals surface area contributed by atoms with Gasteiger partial charge in [0.1, 0.15) is 11.9 Å². The molecule has 0 saturated carbocycles. The van der Waals surface area contributed by atoms with E-state index in [4.69, 9.17) is 5.26 Å². The van der Waals surface area contributed by atoms with Crippen molar-refractivity contribution in [3.63, 3.8) is 0 Å². The van der Waals surface area contributed by atoms with E-state index < -0.39 is 17.3 Å². The molecular weight excluding hydrogens is 399 g/mol. The quantitative estimate of drug-likeness (QED) is 0.824. The molecule has 2 amide bonds. The lowest BCUT2D eigenvalue weighted by molar-refractivity contribution is -0.156. The van der Waals surface area contributed by atoms with E-state index in [0.29, 0.717) is 16.9 Å². The van der Waals surface area contributed by atoms with Crippen molar-refractivity contribution >= 4 is 17.6 Å². The predicted molar refractivity (Wildman–Crippen MR) is 98.9 cm³/mol. The summed E-state index contributed by atoms with van der Waals surface area (Å²) in [4.78, 5) is 32.7. The Labute approximate surface area is 169 Å². The van der Waals surface area contributed by atoms with Crippen molar-refractivity contribution in [2.24, 2.45) is 0 Å². The SMILES string of the molecule is N#Cc1ccc(N2CC3(C2)C(=O)NCC(=O)N3Cc2ccc(C(F)(F)F)cc2)nc1. The molecule has 2 aromatic rings. The van der Waals surface area contributed by atoms with E-state index in [1.54, 1.807) is 17.0 Å². The van der Waals surface area contributed by atoms with Crippen LogP contribution in [-0.4, -0.2) is 46.9 Å². The van der Waals surface area contributed by atoms with E-state index in [0.717, 1.165) is 12.1 Å². The second-order valence-corrected chi connectivity index (χ2v) is 7.26. The minimum absolute atomic E-state index is 0.0268. The molecular formula is C20H16F3N5O2. The summed E-state index contributed by atoms with van der Waals surface area (Å²) in [6, 6.07) is 9.80. The maximum atomic E-state index is 12.8. The second kappa shape index (κ2) is 7.02. The zero-order valence-corrected chi connectivity index (χ0v) is 15.6. The lowest BCUT2D eigenvalue weighted by Crippen LogP contribution is -2.80. The van der Waals surface area contributed by atoms with Gasteiger partial charge in [0, 0.05) is 12.7 Å². The van der Waals surface area contributed by atoms with Crippen LogP contribution in [0.25, 0.3) is 0 Å². The van der Waals surface area contributed by atoms with Gasteiger partial charge in [0.2, 0.25) is 11.8 Å². The van der Waals surface area contributed by atoms with Gasteiger partial charge >= 0.3 is 6.18 Å². The first-order valence-corrected chi connectivity index (χ1v) is 9.09. The molecule has 30 heavy (non-hydrogen) atoms. The van der Waals surface area contributed by atoms with Crippen molar-refractivity contribution in [3.05, 3.63) is 59.3 Å². The van der Waals surface area contributed by atoms with Crippen molar-refractivity contribution in [2.75, 3.05) is 24.5 Å². The van der Waals surface area contributed by atoms with Crippen LogP contribution in [0.2, 0.25) is 0 Å². The van der Waals surface area contributed by atoms with Gasteiger partial charge in [-0.15, -0.1) is 0 Å². The van der Waals surface area contributed by atoms with Gasteiger partial charge in [-0.25, -0.2) is 4.98 Å². The Balaban J connectivity index is 1.54. The highest BCUT2D eigenvalue weighted by Crippen LogP contribution is 2.35. The number of anilines is 1. The van der Waals surface area contributed by atoms with Gasteiger partial charge in [-0.05, 0) is 29.8 Å². The van der Waals surface area contributed by atoms with Crippen LogP contribution in [0.5, 0.6) is 0 Å². The first-order chi connectivity index (χ1) is 14.2. The highest BCUT2D eigenvalue weighted by Gasteiger charge is 2.57. The molecule has 10 heteroatoms. The zero-order valence-electron chi connectivity index (χ0n) is 15.6. The fourth-order valence-corrected chi connectivity index (χ4v) is 3.70. The standard InChI is InChI=1S/C20H16F3N5O2/c21-20(22,23)15-4-1-13(2-5-15)10-28-17(29)9-26-18(30)19(28)11-27(12-19)16-6-3-14(7-24)8-25-16/h1-6,8H,9-12H2,(H,26,30). The molecule has 2 fully saturated rings. The number of benzene rings is 1. The Morgan fingerprint density at radius 1 is 1.13 bits per heavy atom. The van der Waals surface area contributed by atoms with Crippen LogP contribution < -0.4 is 10.2 Å². The van der Waals surface area contributed by atoms with Gasteiger partial charge in [-0.1, -0.05) is 12.1 Å². The molecule has 0 atom stereocenters. The van der Waals surface area contributed by atoms with Crippen molar-refractivity contribution in [1.82, 2.24) is 15.2 Å². The van der Waals surface area contributed by atoms with Crippen molar-refractivity contribution in [1.29, 1.82) is 5.26 Å². The number of carbonyl (C=O) groups excluding carboxylic acids is 2. The summed E-state index contributed by atoms with van der Waals surface area (Å²) < 4.78 is 38.4. The molecule has 0 unspecified atom stereocenters. The van der Waals surface area contributed by atoms with E-state index in [1.807, 2.05) is 6.07 Å². The molecule has 1 aromatic heterocycles. The molecule has 0 radical (unpaired) electrons. The topological polar surface area (TPSA) is 89.3 Å². The first-order valence-electron chi connectivity index (χ1n) is 9.09. The minimum Gasteiger partial charge on any atom is -0.351 e. The summed E-state index contributed by atoms with van der Waals surface area (Å²) in [5.74, 6) is -0.0410. The predicted octanol–water partition coefficient (Wildman–Crippen LogP) is 1.69. The normalized spacial score (nSPS) is 18.1. The monoisotopic (exact) mass is 415 g/mol. The highest BCUT2D eigenvalue weighted by molar-refractivity contribution is 6.00. The van der Waals surface area contributed by atoms with Crippen LogP contribution in [0.4, 0.5) is 19.0 Å². The van der Waals surface area contributed by atoms with Crippen LogP contribution >= 0.6 is 0 Å². The summed E-state index contributed by atoms with van der Waals surface area (Å²) >= 11 is 0. The van der Waals surface area contributed by atoms with Crippen LogP contribution in [-0.2, 0) is 22.3 Å². The van der Waals surface area contributed by atoms with Crippen LogP contribution in [0.3, 0.4) is 0 Å². The lowest BCUT2D eigenvalue weighted by Gasteiger charge is -2.56. The molecule has 1 aromatic carbocycles. The maximum Gasteiger partial charge on any atom is 0.416 e. The summed E-state index contributed by atoms with van der Waals surface area (Å²) in [5, 5.41) is 11.5. The first kappa shape index (κ1) is 19.7. The van der Waals surface area contributed by atoms with Gasteiger partial charge in [0.25, 0.3) is 0 Å². The summed E-state index contributed by atoms with van der Waals surface area (Å²) in [5.41, 5.74) is -0.984. The van der Waals surface area contributed by atoms with Crippen molar-refractivity contribution in [3.8, 4) is 6.07 Å². The van der Waals surface area contributed by atoms with Crippen LogP contribution in [0.15, 0.2) is 42.6 Å². The van der Waals surface area contributed by atoms with E-state index in [-0.39, 0.29) is 38.0 Å². The van der Waals surface area contributed by atoms with Gasteiger partial charge < -0.3 is 15.1 Å². The molecule has 154 valence electrons. The fraction of sp³-hybridized carbons (Fsp3) is 0.300. The molecule has 4 rings (SSSR count). The third-order valence-electron chi connectivity index (χ3n) is 5.37. The molecule has 0 aliphatic carbocycles.